The fourth-order valence-electron chi connectivity index (χ4n) is 7.36. The third kappa shape index (κ3) is 5.14. The molecular formula is C44H38N2. The van der Waals surface area contributed by atoms with Crippen LogP contribution < -0.4 is 4.90 Å². The van der Waals surface area contributed by atoms with Crippen molar-refractivity contribution in [2.45, 2.75) is 38.3 Å². The van der Waals surface area contributed by atoms with Gasteiger partial charge in [-0.05, 0) is 81.1 Å². The van der Waals surface area contributed by atoms with E-state index >= 15 is 0 Å². The molecule has 46 heavy (non-hydrogen) atoms. The van der Waals surface area contributed by atoms with Gasteiger partial charge >= 0.3 is 0 Å². The summed E-state index contributed by atoms with van der Waals surface area (Å²) in [5, 5.41) is 5.13. The molecule has 0 bridgehead atoms. The Morgan fingerprint density at radius 3 is 2.02 bits per heavy atom. The molecule has 0 N–H and O–H groups in total. The van der Waals surface area contributed by atoms with Crippen molar-refractivity contribution in [1.29, 1.82) is 0 Å². The molecule has 0 saturated carbocycles. The largest absolute Gasteiger partial charge is 0.317 e. The highest BCUT2D eigenvalue weighted by atomic mass is 15.3. The van der Waals surface area contributed by atoms with E-state index in [-0.39, 0.29) is 6.04 Å². The van der Waals surface area contributed by atoms with Gasteiger partial charge in [-0.15, -0.1) is 0 Å². The van der Waals surface area contributed by atoms with E-state index in [1.165, 1.54) is 55.1 Å². The second-order valence-electron chi connectivity index (χ2n) is 12.6. The van der Waals surface area contributed by atoms with Crippen LogP contribution in [0.3, 0.4) is 0 Å². The summed E-state index contributed by atoms with van der Waals surface area (Å²) >= 11 is 0. The molecule has 1 aliphatic heterocycles. The van der Waals surface area contributed by atoms with Gasteiger partial charge in [0.25, 0.3) is 0 Å². The normalized spacial score (nSPS) is 24.2. The van der Waals surface area contributed by atoms with Crippen LogP contribution in [0.4, 0.5) is 5.69 Å². The maximum absolute atomic E-state index is 5.26. The first-order valence-electron chi connectivity index (χ1n) is 16.6. The molecule has 3 unspecified atom stereocenters. The van der Waals surface area contributed by atoms with Crippen LogP contribution in [0.25, 0.3) is 38.2 Å². The third-order valence-corrected chi connectivity index (χ3v) is 9.57. The Morgan fingerprint density at radius 2 is 1.30 bits per heavy atom. The van der Waals surface area contributed by atoms with Gasteiger partial charge in [0.05, 0.1) is 12.1 Å². The second kappa shape index (κ2) is 12.3. The molecule has 0 spiro atoms. The molecule has 1 heterocycles. The minimum atomic E-state index is 0.252. The lowest BCUT2D eigenvalue weighted by Crippen LogP contribution is -2.39. The maximum Gasteiger partial charge on any atom is 0.136 e. The number of hydrogen-bond donors (Lipinski definition) is 0. The van der Waals surface area contributed by atoms with E-state index < -0.39 is 0 Å². The van der Waals surface area contributed by atoms with E-state index in [4.69, 9.17) is 4.99 Å². The van der Waals surface area contributed by atoms with Crippen molar-refractivity contribution in [1.82, 2.24) is 0 Å². The SMILES string of the molecule is CC1/C=C\C=C/C/C=C(c2c3ccccc3c(-c3ccc(N4C(c5ccccc5)=NC5CCC=CC54)cc3)c3ccccc23)\C=C/1. The van der Waals surface area contributed by atoms with Crippen molar-refractivity contribution in [2.24, 2.45) is 10.9 Å². The number of rotatable bonds is 4. The fourth-order valence-corrected chi connectivity index (χ4v) is 7.36. The first-order chi connectivity index (χ1) is 22.8. The van der Waals surface area contributed by atoms with Gasteiger partial charge in [0.2, 0.25) is 0 Å². The Morgan fingerprint density at radius 1 is 0.630 bits per heavy atom. The topological polar surface area (TPSA) is 15.6 Å². The van der Waals surface area contributed by atoms with Gasteiger partial charge in [0.15, 0.2) is 0 Å². The molecule has 0 radical (unpaired) electrons. The molecule has 2 aliphatic carbocycles. The van der Waals surface area contributed by atoms with Gasteiger partial charge in [-0.3, -0.25) is 4.99 Å². The van der Waals surface area contributed by atoms with Crippen molar-refractivity contribution in [3.8, 4) is 11.1 Å². The van der Waals surface area contributed by atoms with Crippen molar-refractivity contribution in [3.05, 3.63) is 169 Å². The van der Waals surface area contributed by atoms with Crippen LogP contribution >= 0.6 is 0 Å². The molecule has 0 aromatic heterocycles. The van der Waals surface area contributed by atoms with Crippen LogP contribution in [0.15, 0.2) is 163 Å². The molecule has 2 nitrogen and oxygen atoms in total. The summed E-state index contributed by atoms with van der Waals surface area (Å²) in [6.07, 6.45) is 23.6. The number of hydrogen-bond acceptors (Lipinski definition) is 2. The number of benzene rings is 5. The Bertz CT molecular complexity index is 2030. The summed E-state index contributed by atoms with van der Waals surface area (Å²) in [6, 6.07) is 38.3. The zero-order chi connectivity index (χ0) is 30.9. The van der Waals surface area contributed by atoms with E-state index in [1.807, 2.05) is 0 Å². The molecule has 224 valence electrons. The van der Waals surface area contributed by atoms with Crippen LogP contribution in [0.1, 0.15) is 37.3 Å². The summed E-state index contributed by atoms with van der Waals surface area (Å²) in [4.78, 5) is 7.70. The molecule has 5 aromatic carbocycles. The van der Waals surface area contributed by atoms with Crippen molar-refractivity contribution in [2.75, 3.05) is 4.90 Å². The quantitative estimate of drug-likeness (QED) is 0.149. The summed E-state index contributed by atoms with van der Waals surface area (Å²) in [7, 11) is 0. The van der Waals surface area contributed by atoms with Crippen molar-refractivity contribution < 1.29 is 0 Å². The lowest BCUT2D eigenvalue weighted by atomic mass is 9.85. The van der Waals surface area contributed by atoms with Crippen molar-refractivity contribution in [3.63, 3.8) is 0 Å². The number of fused-ring (bicyclic) bond motifs is 3. The molecule has 2 heteroatoms. The van der Waals surface area contributed by atoms with E-state index in [1.54, 1.807) is 0 Å². The monoisotopic (exact) mass is 594 g/mol. The van der Waals surface area contributed by atoms with E-state index in [0.717, 1.165) is 25.1 Å². The number of anilines is 1. The maximum atomic E-state index is 5.26. The molecular weight excluding hydrogens is 556 g/mol. The highest BCUT2D eigenvalue weighted by molar-refractivity contribution is 6.19. The van der Waals surface area contributed by atoms with Crippen LogP contribution in [-0.2, 0) is 0 Å². The Kier molecular flexibility index (Phi) is 7.56. The minimum Gasteiger partial charge on any atom is -0.317 e. The number of allylic oxidation sites excluding steroid dienone is 9. The number of amidine groups is 1. The van der Waals surface area contributed by atoms with Crippen LogP contribution in [0, 0.1) is 5.92 Å². The summed E-state index contributed by atoms with van der Waals surface area (Å²) in [6.45, 7) is 2.24. The van der Waals surface area contributed by atoms with Crippen LogP contribution in [-0.4, -0.2) is 17.9 Å². The van der Waals surface area contributed by atoms with Gasteiger partial charge in [0, 0.05) is 11.3 Å². The molecule has 8 rings (SSSR count). The second-order valence-corrected chi connectivity index (χ2v) is 12.6. The van der Waals surface area contributed by atoms with E-state index in [0.29, 0.717) is 12.0 Å². The zero-order valence-corrected chi connectivity index (χ0v) is 26.3. The van der Waals surface area contributed by atoms with Crippen molar-refractivity contribution >= 4 is 38.6 Å². The highest BCUT2D eigenvalue weighted by Gasteiger charge is 2.37. The first-order valence-corrected chi connectivity index (χ1v) is 16.6. The Hall–Kier alpha value is -5.21. The lowest BCUT2D eigenvalue weighted by Gasteiger charge is -2.30. The third-order valence-electron chi connectivity index (χ3n) is 9.57. The van der Waals surface area contributed by atoms with E-state index in [9.17, 15) is 0 Å². The number of aliphatic imine (C=N–C) groups is 1. The first kappa shape index (κ1) is 28.3. The van der Waals surface area contributed by atoms with Gasteiger partial charge < -0.3 is 4.90 Å². The lowest BCUT2D eigenvalue weighted by molar-refractivity contribution is 0.570. The minimum absolute atomic E-state index is 0.252. The van der Waals surface area contributed by atoms with Gasteiger partial charge in [-0.25, -0.2) is 0 Å². The standard InChI is InChI=1S/C44H38N2/c1-31-15-5-2-3-6-16-32(26-25-31)42-36-19-9-11-21-38(36)43(39-22-12-10-20-37(39)42)33-27-29-35(30-28-33)46-41-24-14-13-23-40(41)45-44(46)34-17-7-4-8-18-34/h2-5,7-12,14-22,24-31,40-41H,6,13,23H2,1H3/b3-2-,15-5-,26-25-,32-16+. The Balaban J connectivity index is 1.27. The summed E-state index contributed by atoms with van der Waals surface area (Å²) in [5.74, 6) is 1.44. The highest BCUT2D eigenvalue weighted by Crippen LogP contribution is 2.43. The molecule has 0 amide bonds. The average molecular weight is 595 g/mol. The summed E-state index contributed by atoms with van der Waals surface area (Å²) in [5.41, 5.74) is 7.46. The zero-order valence-electron chi connectivity index (χ0n) is 26.3. The molecule has 0 fully saturated rings. The molecule has 0 saturated heterocycles. The smallest absolute Gasteiger partial charge is 0.136 e. The molecule has 3 aliphatic rings. The fraction of sp³-hybridized carbons (Fsp3) is 0.159. The molecule has 5 aromatic rings. The van der Waals surface area contributed by atoms with Gasteiger partial charge in [-0.2, -0.15) is 0 Å². The van der Waals surface area contributed by atoms with Crippen LogP contribution in [0.2, 0.25) is 0 Å². The predicted octanol–water partition coefficient (Wildman–Crippen LogP) is 11.1. The van der Waals surface area contributed by atoms with Gasteiger partial charge in [0.1, 0.15) is 5.84 Å². The van der Waals surface area contributed by atoms with Gasteiger partial charge in [-0.1, -0.05) is 153 Å². The summed E-state index contributed by atoms with van der Waals surface area (Å²) < 4.78 is 0. The predicted molar refractivity (Wildman–Crippen MR) is 197 cm³/mol. The van der Waals surface area contributed by atoms with E-state index in [2.05, 4.69) is 170 Å². The Labute approximate surface area is 272 Å². The number of nitrogens with zero attached hydrogens (tertiary/aromatic N) is 2. The average Bonchev–Trinajstić information content (AvgIpc) is 3.50. The van der Waals surface area contributed by atoms with Crippen LogP contribution in [0.5, 0.6) is 0 Å². The molecule has 3 atom stereocenters.